The van der Waals surface area contributed by atoms with Crippen molar-refractivity contribution in [3.63, 3.8) is 0 Å². The Labute approximate surface area is 252 Å². The van der Waals surface area contributed by atoms with E-state index < -0.39 is 64.6 Å². The third kappa shape index (κ3) is 3.84. The van der Waals surface area contributed by atoms with Crippen molar-refractivity contribution in [1.82, 2.24) is 0 Å². The summed E-state index contributed by atoms with van der Waals surface area (Å²) in [6.07, 6.45) is 0. The van der Waals surface area contributed by atoms with Crippen LogP contribution in [-0.4, -0.2) is 36.2 Å². The summed E-state index contributed by atoms with van der Waals surface area (Å²) in [6.45, 7) is 13.5. The molecule has 0 N–H and O–H groups in total. The molecule has 0 radical (unpaired) electrons. The average molecular weight is 583 g/mol. The molecular weight excluding hydrogens is 544 g/mol. The number of hydrogen-bond donors (Lipinski definition) is 0. The number of rotatable bonds is 6. The minimum Gasteiger partial charge on any atom is -0.463 e. The Kier molecular flexibility index (Phi) is 6.75. The van der Waals surface area contributed by atoms with Gasteiger partial charge >= 0.3 is 5.97 Å². The van der Waals surface area contributed by atoms with Gasteiger partial charge in [0.25, 0.3) is 0 Å². The predicted molar refractivity (Wildman–Crippen MR) is 161 cm³/mol. The summed E-state index contributed by atoms with van der Waals surface area (Å²) in [7, 11) is 0. The third-order valence-electron chi connectivity index (χ3n) is 10.3. The fourth-order valence-corrected chi connectivity index (χ4v) is 8.33. The highest BCUT2D eigenvalue weighted by atomic mass is 16.5. The lowest BCUT2D eigenvalue weighted by Gasteiger charge is -2.55. The van der Waals surface area contributed by atoms with Crippen LogP contribution in [0.1, 0.15) is 71.4 Å². The molecule has 224 valence electrons. The van der Waals surface area contributed by atoms with Gasteiger partial charge in [0.15, 0.2) is 0 Å². The molecule has 0 aromatic heterocycles. The van der Waals surface area contributed by atoms with Gasteiger partial charge in [-0.2, -0.15) is 0 Å². The zero-order valence-corrected chi connectivity index (χ0v) is 25.7. The standard InChI is InChI=1S/C35H38N2O6/c1-8-43-34(42)27-19(6)24-25-28(32(40)36(30(25)38)22-13-9-20(10-14-22)17(2)3)35(27,7)29-26(24)31(39)37(33(29)41)23-15-11-21(12-16-23)18(4)5/h9-18,24-26,28-29H,8H2,1-7H3/t24?,25-,26+,28-,29+,35?. The molecule has 8 nitrogen and oxygen atoms in total. The number of imide groups is 2. The highest BCUT2D eigenvalue weighted by Gasteiger charge is 2.77. The summed E-state index contributed by atoms with van der Waals surface area (Å²) < 4.78 is 5.47. The van der Waals surface area contributed by atoms with Crippen molar-refractivity contribution in [2.75, 3.05) is 16.4 Å². The van der Waals surface area contributed by atoms with E-state index >= 15 is 0 Å². The van der Waals surface area contributed by atoms with Crippen LogP contribution in [0.3, 0.4) is 0 Å². The number of ether oxygens (including phenoxy) is 1. The first-order chi connectivity index (χ1) is 20.4. The Bertz CT molecular complexity index is 1490. The zero-order chi connectivity index (χ0) is 31.1. The molecule has 2 aromatic carbocycles. The molecule has 4 amide bonds. The maximum absolute atomic E-state index is 14.3. The van der Waals surface area contributed by atoms with Gasteiger partial charge in [-0.25, -0.2) is 4.79 Å². The van der Waals surface area contributed by atoms with Crippen molar-refractivity contribution in [3.8, 4) is 0 Å². The molecule has 3 aliphatic carbocycles. The van der Waals surface area contributed by atoms with Gasteiger partial charge in [-0.15, -0.1) is 0 Å². The van der Waals surface area contributed by atoms with E-state index in [0.29, 0.717) is 16.9 Å². The third-order valence-corrected chi connectivity index (χ3v) is 10.3. The molecule has 2 heterocycles. The van der Waals surface area contributed by atoms with Gasteiger partial charge in [-0.3, -0.25) is 29.0 Å². The molecule has 43 heavy (non-hydrogen) atoms. The molecule has 7 rings (SSSR count). The first-order valence-electron chi connectivity index (χ1n) is 15.2. The lowest BCUT2D eigenvalue weighted by molar-refractivity contribution is -0.155. The number of amides is 4. The van der Waals surface area contributed by atoms with E-state index in [1.54, 1.807) is 45.0 Å². The SMILES string of the molecule is CCOC(=O)C1=C(C)C2[C@H]3C(=O)N(c4ccc(C(C)C)cc4)C(=O)[C@@H]3C1(C)[C@@H]1C(=O)N(c3ccc(C(C)C)cc3)C(=O)[C@@H]21. The first kappa shape index (κ1) is 29.0. The summed E-state index contributed by atoms with van der Waals surface area (Å²) in [4.78, 5) is 73.1. The highest BCUT2D eigenvalue weighted by molar-refractivity contribution is 6.27. The zero-order valence-electron chi connectivity index (χ0n) is 25.7. The van der Waals surface area contributed by atoms with Crippen molar-refractivity contribution in [3.05, 3.63) is 70.8 Å². The van der Waals surface area contributed by atoms with Crippen LogP contribution in [0.25, 0.3) is 0 Å². The molecule has 0 spiro atoms. The first-order valence-corrected chi connectivity index (χ1v) is 15.2. The lowest BCUT2D eigenvalue weighted by atomic mass is 9.43. The number of carbonyl (C=O) groups is 5. The number of esters is 1. The van der Waals surface area contributed by atoms with Gasteiger partial charge in [0.2, 0.25) is 23.6 Å². The summed E-state index contributed by atoms with van der Waals surface area (Å²) in [5.74, 6) is -6.27. The fraction of sp³-hybridized carbons (Fsp3) is 0.457. The number of benzene rings is 2. The number of anilines is 2. The van der Waals surface area contributed by atoms with Crippen LogP contribution < -0.4 is 9.80 Å². The largest absolute Gasteiger partial charge is 0.463 e. The van der Waals surface area contributed by atoms with Crippen LogP contribution >= 0.6 is 0 Å². The second kappa shape index (κ2) is 10.00. The molecule has 2 aliphatic heterocycles. The molecule has 2 unspecified atom stereocenters. The van der Waals surface area contributed by atoms with Crippen molar-refractivity contribution in [2.45, 2.75) is 60.3 Å². The average Bonchev–Trinajstić information content (AvgIpc) is 3.39. The smallest absolute Gasteiger partial charge is 0.334 e. The minimum atomic E-state index is -1.42. The second-order valence-corrected chi connectivity index (χ2v) is 13.1. The highest BCUT2D eigenvalue weighted by Crippen LogP contribution is 2.68. The molecule has 1 saturated carbocycles. The predicted octanol–water partition coefficient (Wildman–Crippen LogP) is 5.37. The van der Waals surface area contributed by atoms with Crippen LogP contribution in [0, 0.1) is 35.0 Å². The van der Waals surface area contributed by atoms with Gasteiger partial charge in [0.05, 0.1) is 41.7 Å². The summed E-state index contributed by atoms with van der Waals surface area (Å²) in [5, 5.41) is 0. The molecule has 8 heteroatoms. The molecule has 2 saturated heterocycles. The minimum absolute atomic E-state index is 0.112. The van der Waals surface area contributed by atoms with E-state index in [1.165, 1.54) is 9.80 Å². The molecule has 2 bridgehead atoms. The van der Waals surface area contributed by atoms with E-state index in [2.05, 4.69) is 27.7 Å². The second-order valence-electron chi connectivity index (χ2n) is 13.1. The molecule has 3 fully saturated rings. The molecule has 6 atom stereocenters. The quantitative estimate of drug-likeness (QED) is 0.335. The van der Waals surface area contributed by atoms with E-state index in [0.717, 1.165) is 11.1 Å². The van der Waals surface area contributed by atoms with Crippen LogP contribution in [0.4, 0.5) is 11.4 Å². The van der Waals surface area contributed by atoms with Crippen LogP contribution in [0.2, 0.25) is 0 Å². The van der Waals surface area contributed by atoms with Crippen molar-refractivity contribution in [2.24, 2.45) is 35.0 Å². The summed E-state index contributed by atoms with van der Waals surface area (Å²) in [5.41, 5.74) is 2.42. The molecule has 2 aromatic rings. The maximum atomic E-state index is 14.3. The summed E-state index contributed by atoms with van der Waals surface area (Å²) >= 11 is 0. The van der Waals surface area contributed by atoms with Gasteiger partial charge < -0.3 is 4.74 Å². The van der Waals surface area contributed by atoms with Gasteiger partial charge in [0.1, 0.15) is 0 Å². The number of nitrogens with zero attached hydrogens (tertiary/aromatic N) is 2. The van der Waals surface area contributed by atoms with Gasteiger partial charge in [-0.05, 0) is 61.1 Å². The van der Waals surface area contributed by atoms with Crippen LogP contribution in [-0.2, 0) is 28.7 Å². The lowest BCUT2D eigenvalue weighted by Crippen LogP contribution is -2.61. The maximum Gasteiger partial charge on any atom is 0.334 e. The van der Waals surface area contributed by atoms with Crippen LogP contribution in [0.15, 0.2) is 59.7 Å². The van der Waals surface area contributed by atoms with Crippen molar-refractivity contribution >= 4 is 41.0 Å². The van der Waals surface area contributed by atoms with Gasteiger partial charge in [-0.1, -0.05) is 64.5 Å². The molecule has 5 aliphatic rings. The van der Waals surface area contributed by atoms with E-state index in [1.807, 2.05) is 24.3 Å². The van der Waals surface area contributed by atoms with E-state index in [9.17, 15) is 24.0 Å². The van der Waals surface area contributed by atoms with Gasteiger partial charge in [0, 0.05) is 16.9 Å². The fourth-order valence-electron chi connectivity index (χ4n) is 8.33. The van der Waals surface area contributed by atoms with Crippen molar-refractivity contribution < 1.29 is 28.7 Å². The Hall–Kier alpha value is -4.07. The number of allylic oxidation sites excluding steroid dienone is 1. The molecular formula is C35H38N2O6. The Morgan fingerprint density at radius 2 is 1.12 bits per heavy atom. The van der Waals surface area contributed by atoms with Crippen molar-refractivity contribution in [1.29, 1.82) is 0 Å². The Morgan fingerprint density at radius 3 is 1.47 bits per heavy atom. The Balaban J connectivity index is 1.49. The summed E-state index contributed by atoms with van der Waals surface area (Å²) in [6, 6.07) is 14.6. The van der Waals surface area contributed by atoms with Crippen LogP contribution in [0.5, 0.6) is 0 Å². The normalized spacial score (nSPS) is 29.7. The topological polar surface area (TPSA) is 101 Å². The van der Waals surface area contributed by atoms with E-state index in [-0.39, 0.29) is 24.0 Å². The monoisotopic (exact) mass is 582 g/mol. The number of hydrogen-bond acceptors (Lipinski definition) is 6. The van der Waals surface area contributed by atoms with E-state index in [4.69, 9.17) is 4.74 Å². The number of carbonyl (C=O) groups excluding carboxylic acids is 5. The Morgan fingerprint density at radius 1 is 0.721 bits per heavy atom.